The SMILES string of the molecule is Cn1ncc2c(N)nc(CN(CCCO)C3CCC3)nc21. The predicted octanol–water partition coefficient (Wildman–Crippen LogP) is 0.682. The summed E-state index contributed by atoms with van der Waals surface area (Å²) in [5, 5.41) is 14.0. The van der Waals surface area contributed by atoms with E-state index < -0.39 is 0 Å². The Morgan fingerprint density at radius 2 is 2.24 bits per heavy atom. The van der Waals surface area contributed by atoms with Crippen molar-refractivity contribution in [3.05, 3.63) is 12.0 Å². The average molecular weight is 290 g/mol. The van der Waals surface area contributed by atoms with Gasteiger partial charge in [0.25, 0.3) is 0 Å². The molecule has 7 heteroatoms. The second-order valence-electron chi connectivity index (χ2n) is 5.66. The number of nitrogens with zero attached hydrogens (tertiary/aromatic N) is 5. The van der Waals surface area contributed by atoms with Crippen molar-refractivity contribution in [2.24, 2.45) is 7.05 Å². The summed E-state index contributed by atoms with van der Waals surface area (Å²) in [4.78, 5) is 11.4. The van der Waals surface area contributed by atoms with Gasteiger partial charge in [0.2, 0.25) is 0 Å². The molecule has 1 aliphatic carbocycles. The molecular weight excluding hydrogens is 268 g/mol. The molecule has 1 fully saturated rings. The second-order valence-corrected chi connectivity index (χ2v) is 5.66. The van der Waals surface area contributed by atoms with Gasteiger partial charge in [-0.2, -0.15) is 5.10 Å². The van der Waals surface area contributed by atoms with E-state index in [-0.39, 0.29) is 6.61 Å². The maximum Gasteiger partial charge on any atom is 0.163 e. The molecule has 1 aliphatic rings. The third kappa shape index (κ3) is 2.84. The van der Waals surface area contributed by atoms with Gasteiger partial charge in [-0.05, 0) is 19.3 Å². The van der Waals surface area contributed by atoms with Crippen LogP contribution < -0.4 is 5.73 Å². The van der Waals surface area contributed by atoms with Crippen molar-refractivity contribution in [1.29, 1.82) is 0 Å². The highest BCUT2D eigenvalue weighted by atomic mass is 16.3. The lowest BCUT2D eigenvalue weighted by Crippen LogP contribution is -2.40. The molecule has 0 bridgehead atoms. The van der Waals surface area contributed by atoms with E-state index in [2.05, 4.69) is 20.0 Å². The molecule has 2 heterocycles. The van der Waals surface area contributed by atoms with Crippen LogP contribution in [-0.4, -0.2) is 48.9 Å². The van der Waals surface area contributed by atoms with Gasteiger partial charge >= 0.3 is 0 Å². The Morgan fingerprint density at radius 3 is 2.90 bits per heavy atom. The topological polar surface area (TPSA) is 93.1 Å². The smallest absolute Gasteiger partial charge is 0.163 e. The first-order valence-electron chi connectivity index (χ1n) is 7.48. The summed E-state index contributed by atoms with van der Waals surface area (Å²) in [7, 11) is 1.86. The molecule has 114 valence electrons. The van der Waals surface area contributed by atoms with E-state index in [9.17, 15) is 0 Å². The molecule has 3 N–H and O–H groups in total. The number of nitrogens with two attached hydrogens (primary N) is 1. The molecule has 3 rings (SSSR count). The van der Waals surface area contributed by atoms with Crippen molar-refractivity contribution in [3.8, 4) is 0 Å². The molecule has 0 aliphatic heterocycles. The van der Waals surface area contributed by atoms with Crippen molar-refractivity contribution in [1.82, 2.24) is 24.6 Å². The van der Waals surface area contributed by atoms with Gasteiger partial charge in [-0.15, -0.1) is 0 Å². The van der Waals surface area contributed by atoms with Gasteiger partial charge in [-0.1, -0.05) is 6.42 Å². The lowest BCUT2D eigenvalue weighted by molar-refractivity contribution is 0.106. The first-order chi connectivity index (χ1) is 10.2. The van der Waals surface area contributed by atoms with Gasteiger partial charge in [0.15, 0.2) is 5.65 Å². The monoisotopic (exact) mass is 290 g/mol. The van der Waals surface area contributed by atoms with E-state index in [0.717, 1.165) is 29.8 Å². The lowest BCUT2D eigenvalue weighted by Gasteiger charge is -2.37. The first-order valence-corrected chi connectivity index (χ1v) is 7.48. The Balaban J connectivity index is 1.82. The van der Waals surface area contributed by atoms with E-state index in [1.54, 1.807) is 10.9 Å². The van der Waals surface area contributed by atoms with Gasteiger partial charge < -0.3 is 10.8 Å². The number of fused-ring (bicyclic) bond motifs is 1. The van der Waals surface area contributed by atoms with E-state index in [0.29, 0.717) is 18.4 Å². The summed E-state index contributed by atoms with van der Waals surface area (Å²) in [5.74, 6) is 1.22. The van der Waals surface area contributed by atoms with Crippen LogP contribution in [0.3, 0.4) is 0 Å². The van der Waals surface area contributed by atoms with Crippen LogP contribution in [0.4, 0.5) is 5.82 Å². The molecule has 0 spiro atoms. The maximum atomic E-state index is 9.06. The van der Waals surface area contributed by atoms with Crippen LogP contribution in [0.15, 0.2) is 6.20 Å². The van der Waals surface area contributed by atoms with Gasteiger partial charge in [0.05, 0.1) is 18.1 Å². The highest BCUT2D eigenvalue weighted by Crippen LogP contribution is 2.26. The number of anilines is 1. The predicted molar refractivity (Wildman–Crippen MR) is 80.5 cm³/mol. The molecular formula is C14H22N6O. The number of aliphatic hydroxyl groups is 1. The Morgan fingerprint density at radius 1 is 1.43 bits per heavy atom. The number of nitrogen functional groups attached to an aromatic ring is 1. The molecule has 21 heavy (non-hydrogen) atoms. The molecule has 2 aromatic heterocycles. The van der Waals surface area contributed by atoms with E-state index in [1.165, 1.54) is 19.3 Å². The molecule has 0 unspecified atom stereocenters. The Labute approximate surface area is 123 Å². The third-order valence-corrected chi connectivity index (χ3v) is 4.21. The fourth-order valence-corrected chi connectivity index (χ4v) is 2.76. The molecule has 0 aromatic carbocycles. The van der Waals surface area contributed by atoms with Crippen molar-refractivity contribution < 1.29 is 5.11 Å². The van der Waals surface area contributed by atoms with Crippen molar-refractivity contribution in [3.63, 3.8) is 0 Å². The second kappa shape index (κ2) is 5.95. The van der Waals surface area contributed by atoms with E-state index >= 15 is 0 Å². The van der Waals surface area contributed by atoms with Gasteiger partial charge in [-0.3, -0.25) is 9.58 Å². The molecule has 0 amide bonds. The zero-order valence-corrected chi connectivity index (χ0v) is 12.4. The number of rotatable bonds is 6. The van der Waals surface area contributed by atoms with Gasteiger partial charge in [0.1, 0.15) is 11.6 Å². The van der Waals surface area contributed by atoms with E-state index in [4.69, 9.17) is 10.8 Å². The fraction of sp³-hybridized carbons (Fsp3) is 0.643. The zero-order valence-electron chi connectivity index (χ0n) is 12.4. The lowest BCUT2D eigenvalue weighted by atomic mass is 9.91. The van der Waals surface area contributed by atoms with Crippen LogP contribution in [0.2, 0.25) is 0 Å². The summed E-state index contributed by atoms with van der Waals surface area (Å²) in [6, 6.07) is 0.587. The Hall–Kier alpha value is -1.73. The van der Waals surface area contributed by atoms with Crippen LogP contribution in [0.5, 0.6) is 0 Å². The van der Waals surface area contributed by atoms with Crippen molar-refractivity contribution in [2.75, 3.05) is 18.9 Å². The maximum absolute atomic E-state index is 9.06. The Bertz CT molecular complexity index is 621. The van der Waals surface area contributed by atoms with E-state index in [1.807, 2.05) is 7.05 Å². The van der Waals surface area contributed by atoms with Gasteiger partial charge in [0, 0.05) is 26.2 Å². The molecule has 0 radical (unpaired) electrons. The van der Waals surface area contributed by atoms with Crippen LogP contribution in [-0.2, 0) is 13.6 Å². The molecule has 0 atom stereocenters. The highest BCUT2D eigenvalue weighted by Gasteiger charge is 2.25. The van der Waals surface area contributed by atoms with Crippen LogP contribution >= 0.6 is 0 Å². The summed E-state index contributed by atoms with van der Waals surface area (Å²) in [6.45, 7) is 1.76. The quantitative estimate of drug-likeness (QED) is 0.813. The number of aliphatic hydroxyl groups excluding tert-OH is 1. The molecule has 1 saturated carbocycles. The van der Waals surface area contributed by atoms with Crippen LogP contribution in [0.25, 0.3) is 11.0 Å². The summed E-state index contributed by atoms with van der Waals surface area (Å²) >= 11 is 0. The zero-order chi connectivity index (χ0) is 14.8. The normalized spacial score (nSPS) is 15.8. The minimum atomic E-state index is 0.215. The standard InChI is InChI=1S/C14H22N6O/c1-19-14-11(8-16-19)13(15)17-12(18-14)9-20(6-3-7-21)10-4-2-5-10/h8,10,21H,2-7,9H2,1H3,(H2,15,17,18). The van der Waals surface area contributed by atoms with Crippen molar-refractivity contribution in [2.45, 2.75) is 38.3 Å². The van der Waals surface area contributed by atoms with Gasteiger partial charge in [-0.25, -0.2) is 9.97 Å². The summed E-state index contributed by atoms with van der Waals surface area (Å²) in [5.41, 5.74) is 6.78. The molecule has 0 saturated heterocycles. The number of aryl methyl sites for hydroxylation is 1. The average Bonchev–Trinajstić information content (AvgIpc) is 2.76. The summed E-state index contributed by atoms with van der Waals surface area (Å²) in [6.07, 6.45) is 6.19. The van der Waals surface area contributed by atoms with Crippen LogP contribution in [0.1, 0.15) is 31.5 Å². The number of hydrogen-bond donors (Lipinski definition) is 2. The number of hydrogen-bond acceptors (Lipinski definition) is 6. The largest absolute Gasteiger partial charge is 0.396 e. The van der Waals surface area contributed by atoms with Crippen LogP contribution in [0, 0.1) is 0 Å². The highest BCUT2D eigenvalue weighted by molar-refractivity contribution is 5.84. The Kier molecular flexibility index (Phi) is 4.03. The number of aromatic nitrogens is 4. The molecule has 7 nitrogen and oxygen atoms in total. The minimum absolute atomic E-state index is 0.215. The third-order valence-electron chi connectivity index (χ3n) is 4.21. The fourth-order valence-electron chi connectivity index (χ4n) is 2.76. The first kappa shape index (κ1) is 14.2. The molecule has 2 aromatic rings. The van der Waals surface area contributed by atoms with Crippen molar-refractivity contribution >= 4 is 16.9 Å². The summed E-state index contributed by atoms with van der Waals surface area (Å²) < 4.78 is 1.72. The minimum Gasteiger partial charge on any atom is -0.396 e.